The van der Waals surface area contributed by atoms with Crippen LogP contribution in [0.5, 0.6) is 5.75 Å². The van der Waals surface area contributed by atoms with Crippen LogP contribution in [0.1, 0.15) is 49.0 Å². The molecule has 0 aliphatic carbocycles. The molecule has 0 spiro atoms. The number of aliphatic hydroxyl groups excluding tert-OH is 1. The van der Waals surface area contributed by atoms with E-state index in [4.69, 9.17) is 4.74 Å². The largest absolute Gasteiger partial charge is 0.493 e. The van der Waals surface area contributed by atoms with Gasteiger partial charge in [-0.15, -0.1) is 0 Å². The molecule has 1 aliphatic rings. The van der Waals surface area contributed by atoms with Crippen molar-refractivity contribution in [2.75, 3.05) is 6.61 Å². The number of rotatable bonds is 1. The van der Waals surface area contributed by atoms with E-state index in [0.29, 0.717) is 18.9 Å². The molecule has 1 N–H and O–H groups in total. The lowest BCUT2D eigenvalue weighted by Crippen LogP contribution is -2.17. The van der Waals surface area contributed by atoms with Gasteiger partial charge in [-0.25, -0.2) is 0 Å². The molecule has 0 saturated heterocycles. The SMILES string of the molecule is Cc1ccc(C(C)C)c2c1OCC[C@@H]2O. The van der Waals surface area contributed by atoms with E-state index in [0.717, 1.165) is 16.9 Å². The summed E-state index contributed by atoms with van der Waals surface area (Å²) in [4.78, 5) is 0. The molecule has 15 heavy (non-hydrogen) atoms. The highest BCUT2D eigenvalue weighted by atomic mass is 16.5. The summed E-state index contributed by atoms with van der Waals surface area (Å²) in [5, 5.41) is 10.0. The third-order valence-electron chi connectivity index (χ3n) is 3.02. The predicted molar refractivity (Wildman–Crippen MR) is 60.3 cm³/mol. The van der Waals surface area contributed by atoms with Gasteiger partial charge in [0.2, 0.25) is 0 Å². The second-order valence-corrected chi connectivity index (χ2v) is 4.52. The molecular weight excluding hydrogens is 188 g/mol. The molecule has 0 bridgehead atoms. The van der Waals surface area contributed by atoms with Crippen molar-refractivity contribution < 1.29 is 9.84 Å². The summed E-state index contributed by atoms with van der Waals surface area (Å²) in [7, 11) is 0. The summed E-state index contributed by atoms with van der Waals surface area (Å²) < 4.78 is 5.66. The average Bonchev–Trinajstić information content (AvgIpc) is 2.19. The van der Waals surface area contributed by atoms with Gasteiger partial charge < -0.3 is 9.84 Å². The monoisotopic (exact) mass is 206 g/mol. The molecule has 0 aromatic heterocycles. The highest BCUT2D eigenvalue weighted by Crippen LogP contribution is 2.39. The van der Waals surface area contributed by atoms with Gasteiger partial charge in [0.25, 0.3) is 0 Å². The van der Waals surface area contributed by atoms with Crippen molar-refractivity contribution in [1.82, 2.24) is 0 Å². The molecule has 1 aliphatic heterocycles. The Bertz CT molecular complexity index is 369. The Morgan fingerprint density at radius 3 is 2.80 bits per heavy atom. The smallest absolute Gasteiger partial charge is 0.128 e. The number of fused-ring (bicyclic) bond motifs is 1. The molecule has 2 heteroatoms. The molecule has 1 atom stereocenters. The van der Waals surface area contributed by atoms with Crippen LogP contribution in [0, 0.1) is 6.92 Å². The summed E-state index contributed by atoms with van der Waals surface area (Å²) in [6, 6.07) is 4.18. The number of hydrogen-bond acceptors (Lipinski definition) is 2. The minimum atomic E-state index is -0.356. The fraction of sp³-hybridized carbons (Fsp3) is 0.538. The Morgan fingerprint density at radius 1 is 1.40 bits per heavy atom. The maximum atomic E-state index is 10.0. The van der Waals surface area contributed by atoms with Crippen molar-refractivity contribution in [2.24, 2.45) is 0 Å². The normalized spacial score (nSPS) is 19.9. The van der Waals surface area contributed by atoms with Crippen LogP contribution in [0.25, 0.3) is 0 Å². The van der Waals surface area contributed by atoms with E-state index in [2.05, 4.69) is 26.0 Å². The summed E-state index contributed by atoms with van der Waals surface area (Å²) >= 11 is 0. The number of aryl methyl sites for hydroxylation is 1. The van der Waals surface area contributed by atoms with Crippen LogP contribution in [0.15, 0.2) is 12.1 Å². The second kappa shape index (κ2) is 3.86. The lowest BCUT2D eigenvalue weighted by atomic mass is 9.89. The molecule has 0 unspecified atom stereocenters. The van der Waals surface area contributed by atoms with Crippen molar-refractivity contribution in [3.63, 3.8) is 0 Å². The summed E-state index contributed by atoms with van der Waals surface area (Å²) in [6.07, 6.45) is 0.349. The van der Waals surface area contributed by atoms with Crippen molar-refractivity contribution in [1.29, 1.82) is 0 Å². The third-order valence-corrected chi connectivity index (χ3v) is 3.02. The third kappa shape index (κ3) is 1.74. The molecule has 0 amide bonds. The zero-order valence-corrected chi connectivity index (χ0v) is 9.58. The Hall–Kier alpha value is -1.02. The first-order valence-corrected chi connectivity index (χ1v) is 5.55. The molecule has 0 saturated carbocycles. The van der Waals surface area contributed by atoms with Gasteiger partial charge in [-0.2, -0.15) is 0 Å². The van der Waals surface area contributed by atoms with Crippen LogP contribution in [-0.2, 0) is 0 Å². The first-order valence-electron chi connectivity index (χ1n) is 5.55. The van der Waals surface area contributed by atoms with Gasteiger partial charge in [-0.05, 0) is 24.0 Å². The van der Waals surface area contributed by atoms with Crippen LogP contribution >= 0.6 is 0 Å². The standard InChI is InChI=1S/C13H18O2/c1-8(2)10-5-4-9(3)13-12(10)11(14)6-7-15-13/h4-5,8,11,14H,6-7H2,1-3H3/t11-/m0/s1. The zero-order chi connectivity index (χ0) is 11.0. The van der Waals surface area contributed by atoms with Crippen LogP contribution in [0.3, 0.4) is 0 Å². The van der Waals surface area contributed by atoms with Crippen molar-refractivity contribution in [3.05, 3.63) is 28.8 Å². The Labute approximate surface area is 90.9 Å². The average molecular weight is 206 g/mol. The van der Waals surface area contributed by atoms with Gasteiger partial charge in [0.05, 0.1) is 12.7 Å². The molecule has 1 aromatic rings. The maximum absolute atomic E-state index is 10.0. The van der Waals surface area contributed by atoms with Gasteiger partial charge >= 0.3 is 0 Å². The molecule has 2 nitrogen and oxygen atoms in total. The Balaban J connectivity index is 2.60. The van der Waals surface area contributed by atoms with Gasteiger partial charge in [-0.3, -0.25) is 0 Å². The quantitative estimate of drug-likeness (QED) is 0.765. The topological polar surface area (TPSA) is 29.5 Å². The van der Waals surface area contributed by atoms with E-state index in [1.807, 2.05) is 6.92 Å². The number of ether oxygens (including phenoxy) is 1. The summed E-state index contributed by atoms with van der Waals surface area (Å²) in [5.74, 6) is 1.33. The van der Waals surface area contributed by atoms with E-state index in [1.54, 1.807) is 0 Å². The molecule has 0 radical (unpaired) electrons. The van der Waals surface area contributed by atoms with E-state index >= 15 is 0 Å². The summed E-state index contributed by atoms with van der Waals surface area (Å²) in [5.41, 5.74) is 3.34. The fourth-order valence-electron chi connectivity index (χ4n) is 2.18. The number of aliphatic hydroxyl groups is 1. The van der Waals surface area contributed by atoms with E-state index in [-0.39, 0.29) is 6.10 Å². The van der Waals surface area contributed by atoms with Crippen LogP contribution < -0.4 is 4.74 Å². The highest BCUT2D eigenvalue weighted by Gasteiger charge is 2.24. The molecule has 1 aromatic carbocycles. The molecular formula is C13H18O2. The highest BCUT2D eigenvalue weighted by molar-refractivity contribution is 5.49. The molecule has 2 rings (SSSR count). The number of benzene rings is 1. The summed E-state index contributed by atoms with van der Waals surface area (Å²) in [6.45, 7) is 6.94. The molecule has 82 valence electrons. The second-order valence-electron chi connectivity index (χ2n) is 4.52. The first-order chi connectivity index (χ1) is 7.11. The molecule has 1 heterocycles. The maximum Gasteiger partial charge on any atom is 0.128 e. The van der Waals surface area contributed by atoms with Crippen molar-refractivity contribution in [2.45, 2.75) is 39.2 Å². The fourth-order valence-corrected chi connectivity index (χ4v) is 2.18. The Kier molecular flexibility index (Phi) is 2.70. The van der Waals surface area contributed by atoms with E-state index in [1.165, 1.54) is 5.56 Å². The first kappa shape index (κ1) is 10.5. The zero-order valence-electron chi connectivity index (χ0n) is 9.58. The van der Waals surface area contributed by atoms with Gasteiger partial charge in [0.1, 0.15) is 5.75 Å². The predicted octanol–water partition coefficient (Wildman–Crippen LogP) is 2.93. The van der Waals surface area contributed by atoms with Crippen molar-refractivity contribution in [3.8, 4) is 5.75 Å². The van der Waals surface area contributed by atoms with Crippen molar-refractivity contribution >= 4 is 0 Å². The van der Waals surface area contributed by atoms with Crippen LogP contribution in [0.2, 0.25) is 0 Å². The molecule has 0 fully saturated rings. The number of hydrogen-bond donors (Lipinski definition) is 1. The van der Waals surface area contributed by atoms with E-state index in [9.17, 15) is 5.11 Å². The van der Waals surface area contributed by atoms with Gasteiger partial charge in [-0.1, -0.05) is 26.0 Å². The lowest BCUT2D eigenvalue weighted by Gasteiger charge is -2.27. The van der Waals surface area contributed by atoms with Crippen LogP contribution in [-0.4, -0.2) is 11.7 Å². The van der Waals surface area contributed by atoms with Gasteiger partial charge in [0.15, 0.2) is 0 Å². The van der Waals surface area contributed by atoms with E-state index < -0.39 is 0 Å². The minimum Gasteiger partial charge on any atom is -0.493 e. The van der Waals surface area contributed by atoms with Crippen LogP contribution in [0.4, 0.5) is 0 Å². The van der Waals surface area contributed by atoms with Gasteiger partial charge in [0, 0.05) is 12.0 Å². The lowest BCUT2D eigenvalue weighted by molar-refractivity contribution is 0.113. The minimum absolute atomic E-state index is 0.356. The Morgan fingerprint density at radius 2 is 2.13 bits per heavy atom.